The van der Waals surface area contributed by atoms with Crippen molar-refractivity contribution in [2.24, 2.45) is 0 Å². The minimum atomic E-state index is -0.498. The smallest absolute Gasteiger partial charge is 0.354 e. The zero-order chi connectivity index (χ0) is 24.1. The van der Waals surface area contributed by atoms with E-state index in [1.807, 2.05) is 6.92 Å². The molecule has 7 nitrogen and oxygen atoms in total. The summed E-state index contributed by atoms with van der Waals surface area (Å²) in [6, 6.07) is 10.1. The van der Waals surface area contributed by atoms with E-state index in [4.69, 9.17) is 16.3 Å². The number of methoxy groups -OCH3 is 1. The highest BCUT2D eigenvalue weighted by Gasteiger charge is 2.28. The number of hydrogen-bond donors (Lipinski definition) is 0. The van der Waals surface area contributed by atoms with E-state index in [1.165, 1.54) is 12.0 Å². The summed E-state index contributed by atoms with van der Waals surface area (Å²) < 4.78 is 6.69. The molecule has 0 aliphatic carbocycles. The zero-order valence-corrected chi connectivity index (χ0v) is 19.8. The number of nitrogens with zero attached hydrogens (tertiary/aromatic N) is 3. The Bertz CT molecular complexity index is 1170. The predicted molar refractivity (Wildman–Crippen MR) is 126 cm³/mol. The summed E-state index contributed by atoms with van der Waals surface area (Å²) in [5.74, 6) is -1.05. The van der Waals surface area contributed by atoms with Gasteiger partial charge in [0, 0.05) is 47.3 Å². The van der Waals surface area contributed by atoms with Crippen molar-refractivity contribution in [3.05, 3.63) is 87.5 Å². The molecule has 0 radical (unpaired) electrons. The maximum Gasteiger partial charge on any atom is 0.354 e. The van der Waals surface area contributed by atoms with Crippen molar-refractivity contribution >= 4 is 29.3 Å². The fourth-order valence-corrected chi connectivity index (χ4v) is 4.12. The molecule has 0 aliphatic rings. The average molecular weight is 468 g/mol. The monoisotopic (exact) mass is 467 g/mol. The molecule has 0 spiro atoms. The summed E-state index contributed by atoms with van der Waals surface area (Å²) in [6.45, 7) is 6.00. The maximum atomic E-state index is 13.5. The molecule has 0 unspecified atom stereocenters. The summed E-state index contributed by atoms with van der Waals surface area (Å²) in [6.07, 6.45) is 3.28. The van der Waals surface area contributed by atoms with Crippen LogP contribution in [0.4, 0.5) is 0 Å². The second-order valence-electron chi connectivity index (χ2n) is 7.62. The van der Waals surface area contributed by atoms with Crippen LogP contribution in [0.5, 0.6) is 0 Å². The largest absolute Gasteiger partial charge is 0.464 e. The summed E-state index contributed by atoms with van der Waals surface area (Å²) >= 11 is 5.97. The summed E-state index contributed by atoms with van der Waals surface area (Å²) in [4.78, 5) is 44.6. The van der Waals surface area contributed by atoms with Crippen molar-refractivity contribution < 1.29 is 19.1 Å². The molecule has 0 saturated carbocycles. The van der Waals surface area contributed by atoms with Crippen LogP contribution in [0.2, 0.25) is 5.02 Å². The molecule has 3 rings (SSSR count). The van der Waals surface area contributed by atoms with E-state index in [0.29, 0.717) is 39.6 Å². The molecule has 0 N–H and O–H groups in total. The van der Waals surface area contributed by atoms with Crippen LogP contribution in [-0.4, -0.2) is 45.8 Å². The highest BCUT2D eigenvalue weighted by atomic mass is 35.5. The Kier molecular flexibility index (Phi) is 7.66. The Morgan fingerprint density at radius 1 is 1.06 bits per heavy atom. The molecule has 3 aromatic rings. The van der Waals surface area contributed by atoms with E-state index in [9.17, 15) is 14.4 Å². The van der Waals surface area contributed by atoms with Gasteiger partial charge in [-0.25, -0.2) is 4.79 Å². The van der Waals surface area contributed by atoms with Crippen molar-refractivity contribution in [2.75, 3.05) is 13.7 Å². The number of hydrogen-bond acceptors (Lipinski definition) is 5. The van der Waals surface area contributed by atoms with E-state index >= 15 is 0 Å². The number of amides is 1. The molecule has 2 heterocycles. The molecule has 2 aromatic heterocycles. The van der Waals surface area contributed by atoms with Gasteiger partial charge in [0.2, 0.25) is 0 Å². The number of aromatic nitrogens is 2. The lowest BCUT2D eigenvalue weighted by molar-refractivity contribution is 0.0587. The first-order valence-electron chi connectivity index (χ1n) is 10.5. The van der Waals surface area contributed by atoms with Gasteiger partial charge in [-0.05, 0) is 68.3 Å². The molecule has 172 valence electrons. The fourth-order valence-electron chi connectivity index (χ4n) is 4.00. The van der Waals surface area contributed by atoms with E-state index in [2.05, 4.69) is 4.98 Å². The van der Waals surface area contributed by atoms with Crippen LogP contribution in [0.15, 0.2) is 48.8 Å². The highest BCUT2D eigenvalue weighted by Crippen LogP contribution is 2.24. The Morgan fingerprint density at radius 2 is 1.70 bits per heavy atom. The van der Waals surface area contributed by atoms with Gasteiger partial charge in [0.15, 0.2) is 5.78 Å². The van der Waals surface area contributed by atoms with Gasteiger partial charge >= 0.3 is 5.97 Å². The number of ether oxygens (including phenoxy) is 1. The van der Waals surface area contributed by atoms with E-state index in [0.717, 1.165) is 5.56 Å². The minimum Gasteiger partial charge on any atom is -0.464 e. The van der Waals surface area contributed by atoms with E-state index < -0.39 is 5.97 Å². The van der Waals surface area contributed by atoms with Crippen LogP contribution in [0, 0.1) is 13.8 Å². The van der Waals surface area contributed by atoms with Gasteiger partial charge in [-0.15, -0.1) is 0 Å². The van der Waals surface area contributed by atoms with E-state index in [1.54, 1.807) is 67.2 Å². The molecule has 1 aromatic carbocycles. The van der Waals surface area contributed by atoms with Gasteiger partial charge in [-0.2, -0.15) is 0 Å². The third-order valence-corrected chi connectivity index (χ3v) is 5.83. The second-order valence-corrected chi connectivity index (χ2v) is 8.05. The second kappa shape index (κ2) is 10.4. The lowest BCUT2D eigenvalue weighted by Crippen LogP contribution is -2.35. The topological polar surface area (TPSA) is 81.5 Å². The van der Waals surface area contributed by atoms with Gasteiger partial charge < -0.3 is 14.2 Å². The fraction of sp³-hybridized carbons (Fsp3) is 0.280. The molecule has 0 atom stereocenters. The summed E-state index contributed by atoms with van der Waals surface area (Å²) in [7, 11) is 1.31. The Hall–Kier alpha value is -3.45. The van der Waals surface area contributed by atoms with Gasteiger partial charge in [-0.3, -0.25) is 14.6 Å². The third-order valence-electron chi connectivity index (χ3n) is 5.58. The Morgan fingerprint density at radius 3 is 2.27 bits per heavy atom. The molecule has 0 fully saturated rings. The zero-order valence-electron chi connectivity index (χ0n) is 19.1. The number of carbonyl (C=O) groups is 3. The highest BCUT2D eigenvalue weighted by molar-refractivity contribution is 6.30. The van der Waals surface area contributed by atoms with Gasteiger partial charge in [-0.1, -0.05) is 11.6 Å². The lowest BCUT2D eigenvalue weighted by Gasteiger charge is -2.22. The SMILES string of the molecule is CCn1c(C)c(C(=O)CN(Cc2ccncc2)C(=O)c2ccc(Cl)cc2)c(C)c1C(=O)OC. The quantitative estimate of drug-likeness (QED) is 0.360. The normalized spacial score (nSPS) is 10.7. The Balaban J connectivity index is 1.98. The minimum absolute atomic E-state index is 0.153. The number of esters is 1. The number of rotatable bonds is 8. The average Bonchev–Trinajstić information content (AvgIpc) is 3.08. The maximum absolute atomic E-state index is 13.5. The number of Topliss-reactive ketones (excluding diaryl/α,β-unsaturated/α-hetero) is 1. The molecule has 0 aliphatic heterocycles. The molecule has 0 bridgehead atoms. The molecule has 33 heavy (non-hydrogen) atoms. The van der Waals surface area contributed by atoms with Crippen molar-refractivity contribution in [1.82, 2.24) is 14.5 Å². The number of halogens is 1. The van der Waals surface area contributed by atoms with Crippen LogP contribution in [0.25, 0.3) is 0 Å². The van der Waals surface area contributed by atoms with Crippen LogP contribution in [-0.2, 0) is 17.8 Å². The number of carbonyl (C=O) groups excluding carboxylic acids is 3. The molecular formula is C25H26ClN3O4. The number of pyridine rings is 1. The summed E-state index contributed by atoms with van der Waals surface area (Å²) in [5.41, 5.74) is 3.27. The van der Waals surface area contributed by atoms with Crippen LogP contribution >= 0.6 is 11.6 Å². The predicted octanol–water partition coefficient (Wildman–Crippen LogP) is 4.49. The standard InChI is InChI=1S/C25H26ClN3O4/c1-5-29-17(3)22(16(2)23(29)25(32)33-4)21(30)15-28(14-18-10-12-27-13-11-18)24(31)19-6-8-20(26)9-7-19/h6-13H,5,14-15H2,1-4H3. The first kappa shape index (κ1) is 24.2. The van der Waals surface area contributed by atoms with Gasteiger partial charge in [0.1, 0.15) is 5.69 Å². The molecular weight excluding hydrogens is 442 g/mol. The third kappa shape index (κ3) is 5.14. The van der Waals surface area contributed by atoms with Crippen LogP contribution in [0.1, 0.15) is 54.9 Å². The van der Waals surface area contributed by atoms with Gasteiger partial charge in [0.25, 0.3) is 5.91 Å². The van der Waals surface area contributed by atoms with Crippen LogP contribution in [0.3, 0.4) is 0 Å². The molecule has 8 heteroatoms. The summed E-state index contributed by atoms with van der Waals surface area (Å²) in [5, 5.41) is 0.519. The Labute approximate surface area is 197 Å². The van der Waals surface area contributed by atoms with Crippen molar-refractivity contribution in [2.45, 2.75) is 33.9 Å². The first-order chi connectivity index (χ1) is 15.8. The van der Waals surface area contributed by atoms with Crippen molar-refractivity contribution in [3.63, 3.8) is 0 Å². The molecule has 1 amide bonds. The van der Waals surface area contributed by atoms with Crippen LogP contribution < -0.4 is 0 Å². The van der Waals surface area contributed by atoms with E-state index in [-0.39, 0.29) is 24.8 Å². The lowest BCUT2D eigenvalue weighted by atomic mass is 10.0. The van der Waals surface area contributed by atoms with Crippen molar-refractivity contribution in [3.8, 4) is 0 Å². The number of benzene rings is 1. The number of ketones is 1. The first-order valence-corrected chi connectivity index (χ1v) is 10.9. The molecule has 0 saturated heterocycles. The van der Waals surface area contributed by atoms with Gasteiger partial charge in [0.05, 0.1) is 13.7 Å². The van der Waals surface area contributed by atoms with Crippen molar-refractivity contribution in [1.29, 1.82) is 0 Å².